The van der Waals surface area contributed by atoms with Crippen LogP contribution in [0.5, 0.6) is 0 Å². The third kappa shape index (κ3) is 10.4. The van der Waals surface area contributed by atoms with Gasteiger partial charge in [0.25, 0.3) is 0 Å². The van der Waals surface area contributed by atoms with Crippen molar-refractivity contribution in [1.82, 2.24) is 0 Å². The molecule has 0 spiro atoms. The number of carbonyl (C=O) groups excluding carboxylic acids is 1. The SMILES string of the molecule is CCCCCCCCCCCCCCCC(=O)C1CCCC1. The Morgan fingerprint density at radius 1 is 0.682 bits per heavy atom. The van der Waals surface area contributed by atoms with Crippen LogP contribution in [0.15, 0.2) is 0 Å². The molecular formula is C21H40O. The zero-order chi connectivity index (χ0) is 15.9. The molecule has 1 nitrogen and oxygen atoms in total. The van der Waals surface area contributed by atoms with Gasteiger partial charge in [0.2, 0.25) is 0 Å². The van der Waals surface area contributed by atoms with E-state index in [2.05, 4.69) is 6.92 Å². The molecule has 130 valence electrons. The van der Waals surface area contributed by atoms with Crippen molar-refractivity contribution in [2.24, 2.45) is 5.92 Å². The van der Waals surface area contributed by atoms with Crippen LogP contribution in [0.2, 0.25) is 0 Å². The monoisotopic (exact) mass is 308 g/mol. The molecule has 0 saturated heterocycles. The normalized spacial score (nSPS) is 15.5. The second-order valence-corrected chi connectivity index (χ2v) is 7.44. The van der Waals surface area contributed by atoms with Crippen LogP contribution >= 0.6 is 0 Å². The highest BCUT2D eigenvalue weighted by molar-refractivity contribution is 5.81. The van der Waals surface area contributed by atoms with Crippen LogP contribution in [0.25, 0.3) is 0 Å². The number of rotatable bonds is 15. The molecule has 0 aromatic heterocycles. The van der Waals surface area contributed by atoms with Gasteiger partial charge in [0, 0.05) is 12.3 Å². The van der Waals surface area contributed by atoms with Gasteiger partial charge in [-0.2, -0.15) is 0 Å². The quantitative estimate of drug-likeness (QED) is 0.292. The number of carbonyl (C=O) groups is 1. The van der Waals surface area contributed by atoms with Crippen LogP contribution in [0.1, 0.15) is 122 Å². The largest absolute Gasteiger partial charge is 0.299 e. The first-order chi connectivity index (χ1) is 10.8. The van der Waals surface area contributed by atoms with Gasteiger partial charge in [0.05, 0.1) is 0 Å². The Kier molecular flexibility index (Phi) is 12.8. The van der Waals surface area contributed by atoms with Gasteiger partial charge in [-0.25, -0.2) is 0 Å². The van der Waals surface area contributed by atoms with E-state index in [-0.39, 0.29) is 0 Å². The second-order valence-electron chi connectivity index (χ2n) is 7.44. The van der Waals surface area contributed by atoms with Crippen LogP contribution in [0.3, 0.4) is 0 Å². The lowest BCUT2D eigenvalue weighted by Gasteiger charge is -2.07. The lowest BCUT2D eigenvalue weighted by atomic mass is 9.97. The van der Waals surface area contributed by atoms with Crippen molar-refractivity contribution < 1.29 is 4.79 Å². The zero-order valence-corrected chi connectivity index (χ0v) is 15.2. The first-order valence-corrected chi connectivity index (χ1v) is 10.4. The average molecular weight is 309 g/mol. The highest BCUT2D eigenvalue weighted by Gasteiger charge is 2.21. The highest BCUT2D eigenvalue weighted by atomic mass is 16.1. The Balaban J connectivity index is 1.73. The van der Waals surface area contributed by atoms with E-state index >= 15 is 0 Å². The molecule has 0 aliphatic heterocycles. The highest BCUT2D eigenvalue weighted by Crippen LogP contribution is 2.27. The minimum Gasteiger partial charge on any atom is -0.299 e. The van der Waals surface area contributed by atoms with Crippen molar-refractivity contribution in [2.45, 2.75) is 122 Å². The summed E-state index contributed by atoms with van der Waals surface area (Å²) in [5.74, 6) is 1.01. The van der Waals surface area contributed by atoms with E-state index < -0.39 is 0 Å². The molecule has 1 rings (SSSR count). The number of ketones is 1. The van der Waals surface area contributed by atoms with Crippen molar-refractivity contribution in [1.29, 1.82) is 0 Å². The number of unbranched alkanes of at least 4 members (excludes halogenated alkanes) is 12. The Morgan fingerprint density at radius 2 is 1.09 bits per heavy atom. The third-order valence-electron chi connectivity index (χ3n) is 5.34. The Morgan fingerprint density at radius 3 is 1.55 bits per heavy atom. The molecule has 1 saturated carbocycles. The van der Waals surface area contributed by atoms with Crippen molar-refractivity contribution >= 4 is 5.78 Å². The second kappa shape index (κ2) is 14.3. The molecule has 22 heavy (non-hydrogen) atoms. The predicted molar refractivity (Wildman–Crippen MR) is 97.3 cm³/mol. The summed E-state index contributed by atoms with van der Waals surface area (Å²) in [4.78, 5) is 11.9. The topological polar surface area (TPSA) is 17.1 Å². The van der Waals surface area contributed by atoms with Gasteiger partial charge in [0.1, 0.15) is 5.78 Å². The molecule has 1 aliphatic carbocycles. The molecule has 0 aromatic carbocycles. The molecule has 0 radical (unpaired) electrons. The van der Waals surface area contributed by atoms with Gasteiger partial charge in [-0.15, -0.1) is 0 Å². The zero-order valence-electron chi connectivity index (χ0n) is 15.2. The summed E-state index contributed by atoms with van der Waals surface area (Å²) >= 11 is 0. The van der Waals surface area contributed by atoms with Gasteiger partial charge >= 0.3 is 0 Å². The molecule has 0 unspecified atom stereocenters. The smallest absolute Gasteiger partial charge is 0.135 e. The van der Waals surface area contributed by atoms with Gasteiger partial charge in [0.15, 0.2) is 0 Å². The Bertz CT molecular complexity index is 253. The van der Waals surface area contributed by atoms with E-state index in [9.17, 15) is 4.79 Å². The van der Waals surface area contributed by atoms with Crippen molar-refractivity contribution in [3.63, 3.8) is 0 Å². The van der Waals surface area contributed by atoms with Crippen molar-refractivity contribution in [3.8, 4) is 0 Å². The van der Waals surface area contributed by atoms with Crippen LogP contribution in [-0.2, 0) is 4.79 Å². The van der Waals surface area contributed by atoms with Gasteiger partial charge in [-0.05, 0) is 19.3 Å². The van der Waals surface area contributed by atoms with E-state index in [4.69, 9.17) is 0 Å². The minimum absolute atomic E-state index is 0.442. The standard InChI is InChI=1S/C21H40O/c1-2-3-4-5-6-7-8-9-10-11-12-13-14-19-21(22)20-17-15-16-18-20/h20H,2-19H2,1H3. The molecule has 0 bridgehead atoms. The molecule has 0 heterocycles. The molecule has 1 fully saturated rings. The summed E-state index contributed by atoms with van der Waals surface area (Å²) in [6.07, 6.45) is 23.8. The van der Waals surface area contributed by atoms with E-state index in [1.165, 1.54) is 103 Å². The first-order valence-electron chi connectivity index (χ1n) is 10.4. The van der Waals surface area contributed by atoms with Gasteiger partial charge in [-0.1, -0.05) is 96.8 Å². The fourth-order valence-electron chi connectivity index (χ4n) is 3.77. The summed E-state index contributed by atoms with van der Waals surface area (Å²) in [5.41, 5.74) is 0. The summed E-state index contributed by atoms with van der Waals surface area (Å²) < 4.78 is 0. The van der Waals surface area contributed by atoms with Crippen LogP contribution in [-0.4, -0.2) is 5.78 Å². The van der Waals surface area contributed by atoms with E-state index in [1.54, 1.807) is 0 Å². The fourth-order valence-corrected chi connectivity index (χ4v) is 3.77. The minimum atomic E-state index is 0.442. The maximum atomic E-state index is 11.9. The average Bonchev–Trinajstić information content (AvgIpc) is 3.06. The fraction of sp³-hybridized carbons (Fsp3) is 0.952. The third-order valence-corrected chi connectivity index (χ3v) is 5.34. The maximum absolute atomic E-state index is 11.9. The number of hydrogen-bond acceptors (Lipinski definition) is 1. The first kappa shape index (κ1) is 19.7. The molecule has 1 aliphatic rings. The molecule has 1 heteroatoms. The van der Waals surface area contributed by atoms with Gasteiger partial charge < -0.3 is 0 Å². The molecule has 0 atom stereocenters. The predicted octanol–water partition coefficient (Wildman–Crippen LogP) is 7.23. The van der Waals surface area contributed by atoms with Crippen molar-refractivity contribution in [3.05, 3.63) is 0 Å². The molecular weight excluding hydrogens is 268 g/mol. The molecule has 0 N–H and O–H groups in total. The summed E-state index contributed by atoms with van der Waals surface area (Å²) in [7, 11) is 0. The van der Waals surface area contributed by atoms with E-state index in [1.807, 2.05) is 0 Å². The van der Waals surface area contributed by atoms with Crippen LogP contribution in [0.4, 0.5) is 0 Å². The van der Waals surface area contributed by atoms with E-state index in [0.717, 1.165) is 12.8 Å². The van der Waals surface area contributed by atoms with Crippen LogP contribution < -0.4 is 0 Å². The van der Waals surface area contributed by atoms with Crippen molar-refractivity contribution in [2.75, 3.05) is 0 Å². The van der Waals surface area contributed by atoms with Crippen LogP contribution in [0, 0.1) is 5.92 Å². The summed E-state index contributed by atoms with van der Waals surface area (Å²) in [6, 6.07) is 0. The number of hydrogen-bond donors (Lipinski definition) is 0. The maximum Gasteiger partial charge on any atom is 0.135 e. The van der Waals surface area contributed by atoms with Gasteiger partial charge in [-0.3, -0.25) is 4.79 Å². The molecule has 0 amide bonds. The Labute approximate surface area is 139 Å². The summed E-state index contributed by atoms with van der Waals surface area (Å²) in [5, 5.41) is 0. The Hall–Kier alpha value is -0.330. The lowest BCUT2D eigenvalue weighted by Crippen LogP contribution is -2.09. The van der Waals surface area contributed by atoms with E-state index in [0.29, 0.717) is 11.7 Å². The summed E-state index contributed by atoms with van der Waals surface area (Å²) in [6.45, 7) is 2.28. The lowest BCUT2D eigenvalue weighted by molar-refractivity contribution is -0.122. The molecule has 0 aromatic rings. The number of Topliss-reactive ketones (excluding diaryl/α,β-unsaturated/α-hetero) is 1.